The third-order valence-electron chi connectivity index (χ3n) is 3.52. The van der Waals surface area contributed by atoms with Crippen LogP contribution in [0.15, 0.2) is 26.4 Å². The van der Waals surface area contributed by atoms with Crippen molar-refractivity contribution >= 4 is 11.8 Å². The van der Waals surface area contributed by atoms with Gasteiger partial charge in [-0.05, 0) is 26.3 Å². The van der Waals surface area contributed by atoms with Gasteiger partial charge in [0.25, 0.3) is 0 Å². The molecule has 8 heteroatoms. The molecule has 0 bridgehead atoms. The molecular formula is C15H19N5O2S. The Balaban J connectivity index is 1.77. The maximum atomic E-state index is 5.34. The Morgan fingerprint density at radius 1 is 1.35 bits per heavy atom. The Kier molecular flexibility index (Phi) is 4.51. The van der Waals surface area contributed by atoms with Crippen molar-refractivity contribution in [2.45, 2.75) is 44.0 Å². The molecule has 0 radical (unpaired) electrons. The largest absolute Gasteiger partial charge is 0.469 e. The van der Waals surface area contributed by atoms with E-state index in [-0.39, 0.29) is 5.25 Å². The van der Waals surface area contributed by atoms with Gasteiger partial charge in [0, 0.05) is 13.5 Å². The lowest BCUT2D eigenvalue weighted by atomic mass is 10.2. The van der Waals surface area contributed by atoms with Crippen LogP contribution < -0.4 is 0 Å². The van der Waals surface area contributed by atoms with Gasteiger partial charge in [-0.2, -0.15) is 4.98 Å². The van der Waals surface area contributed by atoms with Gasteiger partial charge in [-0.25, -0.2) is 0 Å². The smallest absolute Gasteiger partial charge is 0.239 e. The zero-order valence-corrected chi connectivity index (χ0v) is 14.4. The molecule has 0 N–H and O–H groups in total. The Bertz CT molecular complexity index is 791. The molecule has 23 heavy (non-hydrogen) atoms. The molecule has 3 rings (SSSR count). The van der Waals surface area contributed by atoms with Gasteiger partial charge in [0.15, 0.2) is 16.8 Å². The molecule has 0 aliphatic heterocycles. The minimum atomic E-state index is 0.00861. The van der Waals surface area contributed by atoms with Crippen LogP contribution in [0.2, 0.25) is 0 Å². The molecule has 0 saturated heterocycles. The molecular weight excluding hydrogens is 314 g/mol. The van der Waals surface area contributed by atoms with E-state index in [0.717, 1.165) is 41.0 Å². The first-order valence-electron chi connectivity index (χ1n) is 7.53. The first kappa shape index (κ1) is 15.8. The van der Waals surface area contributed by atoms with Crippen LogP contribution in [0.4, 0.5) is 0 Å². The molecule has 0 amide bonds. The number of hydrogen-bond donors (Lipinski definition) is 0. The first-order chi connectivity index (χ1) is 11.1. The second kappa shape index (κ2) is 6.57. The summed E-state index contributed by atoms with van der Waals surface area (Å²) in [7, 11) is 1.94. The number of nitrogens with zero attached hydrogens (tertiary/aromatic N) is 5. The fourth-order valence-corrected chi connectivity index (χ4v) is 3.08. The molecule has 0 aliphatic carbocycles. The molecule has 1 unspecified atom stereocenters. The number of aryl methyl sites for hydroxylation is 2. The summed E-state index contributed by atoms with van der Waals surface area (Å²) in [6.45, 7) is 6.02. The molecule has 0 aliphatic rings. The molecule has 3 aromatic rings. The van der Waals surface area contributed by atoms with E-state index in [1.807, 2.05) is 31.5 Å². The predicted molar refractivity (Wildman–Crippen MR) is 86.0 cm³/mol. The summed E-state index contributed by atoms with van der Waals surface area (Å²) >= 11 is 1.54. The van der Waals surface area contributed by atoms with E-state index in [9.17, 15) is 0 Å². The van der Waals surface area contributed by atoms with Crippen LogP contribution >= 0.6 is 11.8 Å². The lowest BCUT2D eigenvalue weighted by molar-refractivity contribution is 0.374. The molecule has 0 spiro atoms. The topological polar surface area (TPSA) is 82.8 Å². The third-order valence-corrected chi connectivity index (χ3v) is 4.64. The van der Waals surface area contributed by atoms with Gasteiger partial charge >= 0.3 is 0 Å². The summed E-state index contributed by atoms with van der Waals surface area (Å²) in [5.74, 6) is 2.97. The summed E-state index contributed by atoms with van der Waals surface area (Å²) in [6.07, 6.45) is 3.48. The number of rotatable bonds is 6. The van der Waals surface area contributed by atoms with Crippen molar-refractivity contribution < 1.29 is 8.94 Å². The van der Waals surface area contributed by atoms with E-state index in [4.69, 9.17) is 8.94 Å². The van der Waals surface area contributed by atoms with Gasteiger partial charge in [0.1, 0.15) is 5.76 Å². The maximum absolute atomic E-state index is 5.34. The minimum absolute atomic E-state index is 0.00861. The zero-order chi connectivity index (χ0) is 16.4. The maximum Gasteiger partial charge on any atom is 0.239 e. The van der Waals surface area contributed by atoms with Gasteiger partial charge in [-0.1, -0.05) is 23.8 Å². The molecule has 1 atom stereocenters. The van der Waals surface area contributed by atoms with Crippen LogP contribution in [0, 0.1) is 6.92 Å². The molecule has 0 aromatic carbocycles. The van der Waals surface area contributed by atoms with Crippen LogP contribution in [0.25, 0.3) is 11.4 Å². The Labute approximate surface area is 138 Å². The lowest BCUT2D eigenvalue weighted by Gasteiger charge is -2.06. The van der Waals surface area contributed by atoms with Crippen LogP contribution in [0.5, 0.6) is 0 Å². The van der Waals surface area contributed by atoms with Crippen LogP contribution in [-0.2, 0) is 13.5 Å². The molecule has 3 heterocycles. The van der Waals surface area contributed by atoms with E-state index in [0.29, 0.717) is 5.89 Å². The first-order valence-corrected chi connectivity index (χ1v) is 8.41. The van der Waals surface area contributed by atoms with Gasteiger partial charge < -0.3 is 13.5 Å². The van der Waals surface area contributed by atoms with Crippen molar-refractivity contribution in [3.8, 4) is 11.4 Å². The van der Waals surface area contributed by atoms with E-state index in [2.05, 4.69) is 27.3 Å². The number of aromatic nitrogens is 5. The quantitative estimate of drug-likeness (QED) is 0.638. The second-order valence-electron chi connectivity index (χ2n) is 5.31. The van der Waals surface area contributed by atoms with Gasteiger partial charge in [0.2, 0.25) is 5.89 Å². The molecule has 7 nitrogen and oxygen atoms in total. The van der Waals surface area contributed by atoms with Crippen molar-refractivity contribution in [3.63, 3.8) is 0 Å². The Hall–Kier alpha value is -2.09. The van der Waals surface area contributed by atoms with E-state index in [1.54, 1.807) is 18.0 Å². The highest BCUT2D eigenvalue weighted by molar-refractivity contribution is 7.99. The summed E-state index contributed by atoms with van der Waals surface area (Å²) in [4.78, 5) is 4.43. The van der Waals surface area contributed by atoms with Crippen LogP contribution in [0.3, 0.4) is 0 Å². The highest BCUT2D eigenvalue weighted by Gasteiger charge is 2.20. The number of hydrogen-bond acceptors (Lipinski definition) is 7. The fraction of sp³-hybridized carbons (Fsp3) is 0.467. The second-order valence-corrected chi connectivity index (χ2v) is 6.62. The van der Waals surface area contributed by atoms with Crippen LogP contribution in [-0.4, -0.2) is 24.9 Å². The molecule has 3 aromatic heterocycles. The summed E-state index contributed by atoms with van der Waals surface area (Å²) in [5.41, 5.74) is 0.947. The summed E-state index contributed by atoms with van der Waals surface area (Å²) in [6, 6.07) is 1.90. The monoisotopic (exact) mass is 333 g/mol. The molecule has 0 saturated carbocycles. The Morgan fingerprint density at radius 3 is 2.87 bits per heavy atom. The predicted octanol–water partition coefficient (Wildman–Crippen LogP) is 3.57. The lowest BCUT2D eigenvalue weighted by Crippen LogP contribution is -1.97. The van der Waals surface area contributed by atoms with Crippen molar-refractivity contribution in [1.29, 1.82) is 0 Å². The standard InChI is InChI=1S/C15H19N5O2S/c1-5-6-12-16-14(22-19-12)10(3)23-15-18-17-13(20(15)4)11-7-8-21-9(11)2/h7-8,10H,5-6H2,1-4H3. The highest BCUT2D eigenvalue weighted by atomic mass is 32.2. The normalized spacial score (nSPS) is 12.7. The minimum Gasteiger partial charge on any atom is -0.469 e. The van der Waals surface area contributed by atoms with Crippen LogP contribution in [0.1, 0.15) is 43.0 Å². The van der Waals surface area contributed by atoms with Gasteiger partial charge in [-0.15, -0.1) is 10.2 Å². The van der Waals surface area contributed by atoms with Crippen molar-refractivity contribution in [1.82, 2.24) is 24.9 Å². The average Bonchev–Trinajstić information content (AvgIpc) is 3.22. The summed E-state index contributed by atoms with van der Waals surface area (Å²) < 4.78 is 12.6. The van der Waals surface area contributed by atoms with E-state index >= 15 is 0 Å². The van der Waals surface area contributed by atoms with E-state index in [1.165, 1.54) is 0 Å². The average molecular weight is 333 g/mol. The van der Waals surface area contributed by atoms with E-state index < -0.39 is 0 Å². The number of furan rings is 1. The zero-order valence-electron chi connectivity index (χ0n) is 13.6. The fourth-order valence-electron chi connectivity index (χ4n) is 2.24. The highest BCUT2D eigenvalue weighted by Crippen LogP contribution is 2.34. The van der Waals surface area contributed by atoms with Gasteiger partial charge in [-0.3, -0.25) is 0 Å². The van der Waals surface area contributed by atoms with Crippen molar-refractivity contribution in [3.05, 3.63) is 29.8 Å². The van der Waals surface area contributed by atoms with Crippen molar-refractivity contribution in [2.75, 3.05) is 0 Å². The SMILES string of the molecule is CCCc1noc(C(C)Sc2nnc(-c3ccoc3C)n2C)n1. The number of thioether (sulfide) groups is 1. The summed E-state index contributed by atoms with van der Waals surface area (Å²) in [5, 5.41) is 13.3. The molecule has 122 valence electrons. The Morgan fingerprint density at radius 2 is 2.17 bits per heavy atom. The van der Waals surface area contributed by atoms with Gasteiger partial charge in [0.05, 0.1) is 17.1 Å². The third kappa shape index (κ3) is 3.17. The van der Waals surface area contributed by atoms with Crippen molar-refractivity contribution in [2.24, 2.45) is 7.05 Å². The molecule has 0 fully saturated rings.